The highest BCUT2D eigenvalue weighted by molar-refractivity contribution is 5.30. The highest BCUT2D eigenvalue weighted by Crippen LogP contribution is 2.24. The minimum atomic E-state index is 0.368. The molecule has 1 fully saturated rings. The molecule has 0 bridgehead atoms. The Labute approximate surface area is 122 Å². The molecular weight excluding hydrogens is 248 g/mol. The number of hydrogen-bond donors (Lipinski definition) is 1. The quantitative estimate of drug-likeness (QED) is 0.913. The van der Waals surface area contributed by atoms with E-state index >= 15 is 0 Å². The summed E-state index contributed by atoms with van der Waals surface area (Å²) in [5.41, 5.74) is 2.76. The molecule has 2 aliphatic rings. The standard InChI is InChI=1S/C17H26N2O/c1-2-6-11-19(10-5-1)12-9-18-17-14-20-13-15-7-3-4-8-16(15)17/h3-4,7-8,17-18H,1-2,5-6,9-14H2. The van der Waals surface area contributed by atoms with E-state index in [2.05, 4.69) is 34.5 Å². The molecule has 0 spiro atoms. The molecule has 1 unspecified atom stereocenters. The summed E-state index contributed by atoms with van der Waals surface area (Å²) in [5.74, 6) is 0. The summed E-state index contributed by atoms with van der Waals surface area (Å²) < 4.78 is 5.69. The maximum absolute atomic E-state index is 5.69. The zero-order valence-corrected chi connectivity index (χ0v) is 12.3. The van der Waals surface area contributed by atoms with Crippen LogP contribution in [0.25, 0.3) is 0 Å². The van der Waals surface area contributed by atoms with Crippen LogP contribution in [-0.2, 0) is 11.3 Å². The summed E-state index contributed by atoms with van der Waals surface area (Å²) >= 11 is 0. The van der Waals surface area contributed by atoms with Gasteiger partial charge in [-0.1, -0.05) is 37.1 Å². The molecule has 2 aliphatic heterocycles. The second-order valence-corrected chi connectivity index (χ2v) is 5.98. The fraction of sp³-hybridized carbons (Fsp3) is 0.647. The highest BCUT2D eigenvalue weighted by atomic mass is 16.5. The van der Waals surface area contributed by atoms with Crippen molar-refractivity contribution in [3.05, 3.63) is 35.4 Å². The van der Waals surface area contributed by atoms with Gasteiger partial charge in [0.05, 0.1) is 19.3 Å². The Morgan fingerprint density at radius 1 is 1.10 bits per heavy atom. The third-order valence-electron chi connectivity index (χ3n) is 4.49. The molecule has 0 aromatic heterocycles. The molecule has 1 saturated heterocycles. The number of likely N-dealkylation sites (tertiary alicyclic amines) is 1. The van der Waals surface area contributed by atoms with Gasteiger partial charge < -0.3 is 15.0 Å². The Bertz CT molecular complexity index is 413. The monoisotopic (exact) mass is 274 g/mol. The predicted octanol–water partition coefficient (Wildman–Crippen LogP) is 2.72. The summed E-state index contributed by atoms with van der Waals surface area (Å²) in [5, 5.41) is 3.68. The van der Waals surface area contributed by atoms with Crippen LogP contribution in [-0.4, -0.2) is 37.7 Å². The van der Waals surface area contributed by atoms with Crippen molar-refractivity contribution in [2.45, 2.75) is 38.3 Å². The first-order valence-electron chi connectivity index (χ1n) is 8.05. The van der Waals surface area contributed by atoms with E-state index < -0.39 is 0 Å². The van der Waals surface area contributed by atoms with Gasteiger partial charge in [0.15, 0.2) is 0 Å². The molecule has 1 atom stereocenters. The number of rotatable bonds is 4. The van der Waals surface area contributed by atoms with E-state index in [-0.39, 0.29) is 0 Å². The molecule has 0 radical (unpaired) electrons. The first kappa shape index (κ1) is 14.1. The molecule has 3 heteroatoms. The largest absolute Gasteiger partial charge is 0.375 e. The van der Waals surface area contributed by atoms with Gasteiger partial charge in [-0.25, -0.2) is 0 Å². The molecule has 2 heterocycles. The number of fused-ring (bicyclic) bond motifs is 1. The van der Waals surface area contributed by atoms with E-state index in [0.717, 1.165) is 19.8 Å². The molecular formula is C17H26N2O. The summed E-state index contributed by atoms with van der Waals surface area (Å²) in [6.07, 6.45) is 5.56. The van der Waals surface area contributed by atoms with E-state index in [0.29, 0.717) is 6.04 Å². The van der Waals surface area contributed by atoms with Gasteiger partial charge in [-0.15, -0.1) is 0 Å². The number of nitrogens with zero attached hydrogens (tertiary/aromatic N) is 1. The lowest BCUT2D eigenvalue weighted by Gasteiger charge is -2.28. The smallest absolute Gasteiger partial charge is 0.0721 e. The Hall–Kier alpha value is -0.900. The molecule has 1 N–H and O–H groups in total. The van der Waals surface area contributed by atoms with Crippen LogP contribution in [0.5, 0.6) is 0 Å². The highest BCUT2D eigenvalue weighted by Gasteiger charge is 2.19. The molecule has 1 aromatic rings. The Kier molecular flexibility index (Phi) is 5.06. The Balaban J connectivity index is 1.49. The van der Waals surface area contributed by atoms with Crippen LogP contribution >= 0.6 is 0 Å². The lowest BCUT2D eigenvalue weighted by atomic mass is 9.99. The topological polar surface area (TPSA) is 24.5 Å². The average Bonchev–Trinajstić information content (AvgIpc) is 2.76. The van der Waals surface area contributed by atoms with E-state index in [1.54, 1.807) is 0 Å². The minimum absolute atomic E-state index is 0.368. The van der Waals surface area contributed by atoms with Crippen molar-refractivity contribution in [3.63, 3.8) is 0 Å². The number of hydrogen-bond acceptors (Lipinski definition) is 3. The van der Waals surface area contributed by atoms with Crippen LogP contribution in [0, 0.1) is 0 Å². The van der Waals surface area contributed by atoms with Gasteiger partial charge >= 0.3 is 0 Å². The van der Waals surface area contributed by atoms with Crippen LogP contribution in [0.3, 0.4) is 0 Å². The van der Waals surface area contributed by atoms with Crippen molar-refractivity contribution in [1.82, 2.24) is 10.2 Å². The van der Waals surface area contributed by atoms with Gasteiger partial charge in [0.1, 0.15) is 0 Å². The SMILES string of the molecule is c1ccc2c(c1)COCC2NCCN1CCCCCC1. The molecule has 110 valence electrons. The van der Waals surface area contributed by atoms with Gasteiger partial charge in [-0.05, 0) is 37.1 Å². The number of ether oxygens (including phenoxy) is 1. The fourth-order valence-corrected chi connectivity index (χ4v) is 3.31. The normalized spacial score (nSPS) is 24.1. The lowest BCUT2D eigenvalue weighted by Crippen LogP contribution is -2.37. The molecule has 0 amide bonds. The van der Waals surface area contributed by atoms with Crippen molar-refractivity contribution in [2.75, 3.05) is 32.8 Å². The zero-order chi connectivity index (χ0) is 13.6. The second-order valence-electron chi connectivity index (χ2n) is 5.98. The van der Waals surface area contributed by atoms with Gasteiger partial charge in [-0.3, -0.25) is 0 Å². The van der Waals surface area contributed by atoms with E-state index in [1.807, 2.05) is 0 Å². The van der Waals surface area contributed by atoms with Crippen molar-refractivity contribution >= 4 is 0 Å². The number of nitrogens with one attached hydrogen (secondary N) is 1. The summed E-state index contributed by atoms with van der Waals surface area (Å²) in [6.45, 7) is 6.34. The fourth-order valence-electron chi connectivity index (χ4n) is 3.31. The summed E-state index contributed by atoms with van der Waals surface area (Å²) in [6, 6.07) is 9.02. The van der Waals surface area contributed by atoms with Crippen LogP contribution in [0.15, 0.2) is 24.3 Å². The Morgan fingerprint density at radius 3 is 2.75 bits per heavy atom. The minimum Gasteiger partial charge on any atom is -0.375 e. The third-order valence-corrected chi connectivity index (χ3v) is 4.49. The van der Waals surface area contributed by atoms with E-state index in [1.165, 1.54) is 56.4 Å². The first-order valence-corrected chi connectivity index (χ1v) is 8.05. The third kappa shape index (κ3) is 3.60. The zero-order valence-electron chi connectivity index (χ0n) is 12.3. The molecule has 1 aromatic carbocycles. The number of benzene rings is 1. The second kappa shape index (κ2) is 7.21. The summed E-state index contributed by atoms with van der Waals surface area (Å²) in [7, 11) is 0. The predicted molar refractivity (Wildman–Crippen MR) is 81.7 cm³/mol. The van der Waals surface area contributed by atoms with Gasteiger partial charge in [0, 0.05) is 13.1 Å². The lowest BCUT2D eigenvalue weighted by molar-refractivity contribution is 0.0812. The van der Waals surface area contributed by atoms with Crippen molar-refractivity contribution < 1.29 is 4.74 Å². The van der Waals surface area contributed by atoms with Crippen molar-refractivity contribution in [2.24, 2.45) is 0 Å². The van der Waals surface area contributed by atoms with Gasteiger partial charge in [0.2, 0.25) is 0 Å². The Morgan fingerprint density at radius 2 is 1.90 bits per heavy atom. The van der Waals surface area contributed by atoms with Gasteiger partial charge in [0.25, 0.3) is 0 Å². The summed E-state index contributed by atoms with van der Waals surface area (Å²) in [4.78, 5) is 2.61. The first-order chi connectivity index (χ1) is 9.93. The molecule has 3 nitrogen and oxygen atoms in total. The van der Waals surface area contributed by atoms with Crippen LogP contribution < -0.4 is 5.32 Å². The average molecular weight is 274 g/mol. The molecule has 20 heavy (non-hydrogen) atoms. The maximum atomic E-state index is 5.69. The van der Waals surface area contributed by atoms with E-state index in [4.69, 9.17) is 4.74 Å². The van der Waals surface area contributed by atoms with Crippen molar-refractivity contribution in [1.29, 1.82) is 0 Å². The van der Waals surface area contributed by atoms with Gasteiger partial charge in [-0.2, -0.15) is 0 Å². The van der Waals surface area contributed by atoms with E-state index in [9.17, 15) is 0 Å². The maximum Gasteiger partial charge on any atom is 0.0721 e. The van der Waals surface area contributed by atoms with Crippen LogP contribution in [0.2, 0.25) is 0 Å². The molecule has 0 saturated carbocycles. The molecule has 3 rings (SSSR count). The molecule has 0 aliphatic carbocycles. The van der Waals surface area contributed by atoms with Crippen LogP contribution in [0.4, 0.5) is 0 Å². The van der Waals surface area contributed by atoms with Crippen molar-refractivity contribution in [3.8, 4) is 0 Å². The van der Waals surface area contributed by atoms with Crippen LogP contribution in [0.1, 0.15) is 42.9 Å².